The monoisotopic (exact) mass is 381 g/mol. The Morgan fingerprint density at radius 3 is 2.86 bits per heavy atom. The van der Waals surface area contributed by atoms with Gasteiger partial charge in [0.15, 0.2) is 0 Å². The van der Waals surface area contributed by atoms with Gasteiger partial charge in [-0.05, 0) is 44.7 Å². The molecule has 0 unspecified atom stereocenters. The Morgan fingerprint density at radius 1 is 1.32 bits per heavy atom. The van der Waals surface area contributed by atoms with Crippen LogP contribution in [0.5, 0.6) is 0 Å². The maximum absolute atomic E-state index is 13.6. The lowest BCUT2D eigenvalue weighted by Crippen LogP contribution is -2.49. The summed E-state index contributed by atoms with van der Waals surface area (Å²) in [5.41, 5.74) is 1.92. The lowest BCUT2D eigenvalue weighted by molar-refractivity contribution is -0.143. The van der Waals surface area contributed by atoms with Gasteiger partial charge in [-0.25, -0.2) is 0 Å². The number of aryl methyl sites for hydroxylation is 1. The minimum Gasteiger partial charge on any atom is -0.339 e. The molecule has 150 valence electrons. The molecule has 2 fully saturated rings. The number of nitrogens with zero attached hydrogens (tertiary/aromatic N) is 5. The largest absolute Gasteiger partial charge is 0.339 e. The standard InChI is InChI=1S/C22H31N5O/c1-4-22(21(28)25(3)16-18-8-6-7-11-23-18)12-19-9-10-20(22)27(19)15-17-13-24-26(5-2)14-17/h6-8,11,13-14,19-20H,4-5,9-10,12,15-16H2,1-3H3/t19-,20+,22+/m0/s1. The lowest BCUT2D eigenvalue weighted by atomic mass is 9.71. The highest BCUT2D eigenvalue weighted by Crippen LogP contribution is 2.53. The third kappa shape index (κ3) is 3.24. The van der Waals surface area contributed by atoms with Gasteiger partial charge in [-0.15, -0.1) is 0 Å². The first-order chi connectivity index (χ1) is 13.6. The molecule has 28 heavy (non-hydrogen) atoms. The number of fused-ring (bicyclic) bond motifs is 2. The van der Waals surface area contributed by atoms with Gasteiger partial charge in [-0.1, -0.05) is 13.0 Å². The Bertz CT molecular complexity index is 819. The molecule has 0 saturated carbocycles. The van der Waals surface area contributed by atoms with Crippen molar-refractivity contribution in [2.24, 2.45) is 5.41 Å². The first-order valence-corrected chi connectivity index (χ1v) is 10.5. The molecule has 0 radical (unpaired) electrons. The predicted octanol–water partition coefficient (Wildman–Crippen LogP) is 3.09. The zero-order chi connectivity index (χ0) is 19.7. The number of hydrogen-bond donors (Lipinski definition) is 0. The number of rotatable bonds is 7. The molecule has 0 spiro atoms. The first kappa shape index (κ1) is 19.1. The fourth-order valence-corrected chi connectivity index (χ4v) is 5.36. The van der Waals surface area contributed by atoms with Crippen molar-refractivity contribution in [3.8, 4) is 0 Å². The highest BCUT2D eigenvalue weighted by Gasteiger charge is 2.59. The van der Waals surface area contributed by atoms with E-state index in [0.29, 0.717) is 18.6 Å². The number of amides is 1. The van der Waals surface area contributed by atoms with E-state index in [-0.39, 0.29) is 11.3 Å². The zero-order valence-electron chi connectivity index (χ0n) is 17.2. The van der Waals surface area contributed by atoms with Crippen LogP contribution in [-0.2, 0) is 24.4 Å². The van der Waals surface area contributed by atoms with Crippen LogP contribution in [0, 0.1) is 5.41 Å². The average molecular weight is 382 g/mol. The summed E-state index contributed by atoms with van der Waals surface area (Å²) in [7, 11) is 1.93. The second-order valence-corrected chi connectivity index (χ2v) is 8.32. The Labute approximate surface area is 167 Å². The van der Waals surface area contributed by atoms with Gasteiger partial charge >= 0.3 is 0 Å². The molecule has 2 aliphatic heterocycles. The topological polar surface area (TPSA) is 54.3 Å². The molecule has 2 aromatic rings. The van der Waals surface area contributed by atoms with Crippen LogP contribution in [-0.4, -0.2) is 49.6 Å². The summed E-state index contributed by atoms with van der Waals surface area (Å²) < 4.78 is 1.98. The van der Waals surface area contributed by atoms with Crippen LogP contribution in [0.2, 0.25) is 0 Å². The second-order valence-electron chi connectivity index (χ2n) is 8.32. The van der Waals surface area contributed by atoms with Crippen LogP contribution in [0.4, 0.5) is 0 Å². The number of hydrogen-bond acceptors (Lipinski definition) is 4. The lowest BCUT2D eigenvalue weighted by Gasteiger charge is -2.38. The first-order valence-electron chi connectivity index (χ1n) is 10.5. The molecule has 2 saturated heterocycles. The Hall–Kier alpha value is -2.21. The van der Waals surface area contributed by atoms with E-state index in [1.54, 1.807) is 6.20 Å². The molecule has 4 rings (SSSR count). The van der Waals surface area contributed by atoms with Crippen LogP contribution in [0.25, 0.3) is 0 Å². The van der Waals surface area contributed by atoms with E-state index in [9.17, 15) is 4.79 Å². The van der Waals surface area contributed by atoms with E-state index < -0.39 is 0 Å². The summed E-state index contributed by atoms with van der Waals surface area (Å²) >= 11 is 0. The van der Waals surface area contributed by atoms with Gasteiger partial charge in [-0.2, -0.15) is 5.10 Å². The minimum atomic E-state index is -0.271. The van der Waals surface area contributed by atoms with E-state index >= 15 is 0 Å². The zero-order valence-corrected chi connectivity index (χ0v) is 17.2. The molecule has 6 nitrogen and oxygen atoms in total. The fraction of sp³-hybridized carbons (Fsp3) is 0.591. The Balaban J connectivity index is 1.51. The smallest absolute Gasteiger partial charge is 0.230 e. The van der Waals surface area contributed by atoms with Crippen molar-refractivity contribution in [2.45, 2.75) is 71.2 Å². The Morgan fingerprint density at radius 2 is 2.18 bits per heavy atom. The van der Waals surface area contributed by atoms with Crippen LogP contribution >= 0.6 is 0 Å². The highest BCUT2D eigenvalue weighted by atomic mass is 16.2. The number of carbonyl (C=O) groups excluding carboxylic acids is 1. The summed E-state index contributed by atoms with van der Waals surface area (Å²) in [5, 5.41) is 4.42. The molecule has 2 aliphatic rings. The van der Waals surface area contributed by atoms with Crippen molar-refractivity contribution in [3.05, 3.63) is 48.0 Å². The molecule has 0 aliphatic carbocycles. The normalized spacial score (nSPS) is 26.7. The molecule has 2 aromatic heterocycles. The molecule has 1 amide bonds. The SMILES string of the molecule is CCn1cc(CN2[C@H]3CC[C@@H]2[C@](CC)(C(=O)N(C)Cc2ccccn2)C3)cn1. The highest BCUT2D eigenvalue weighted by molar-refractivity contribution is 5.84. The van der Waals surface area contributed by atoms with Crippen LogP contribution in [0.15, 0.2) is 36.8 Å². The summed E-state index contributed by atoms with van der Waals surface area (Å²) in [5.74, 6) is 0.280. The van der Waals surface area contributed by atoms with Gasteiger partial charge in [0.05, 0.1) is 23.9 Å². The third-order valence-corrected chi connectivity index (χ3v) is 6.79. The third-order valence-electron chi connectivity index (χ3n) is 6.79. The maximum Gasteiger partial charge on any atom is 0.230 e. The van der Waals surface area contributed by atoms with E-state index in [1.165, 1.54) is 12.0 Å². The van der Waals surface area contributed by atoms with Crippen LogP contribution in [0.3, 0.4) is 0 Å². The summed E-state index contributed by atoms with van der Waals surface area (Å²) in [6, 6.07) is 6.70. The van der Waals surface area contributed by atoms with E-state index in [4.69, 9.17) is 0 Å². The van der Waals surface area contributed by atoms with Gasteiger partial charge in [0, 0.05) is 50.2 Å². The molecule has 0 aromatic carbocycles. The fourth-order valence-electron chi connectivity index (χ4n) is 5.36. The van der Waals surface area contributed by atoms with Gasteiger partial charge in [0.1, 0.15) is 0 Å². The molecule has 0 N–H and O–H groups in total. The van der Waals surface area contributed by atoms with Crippen molar-refractivity contribution in [3.63, 3.8) is 0 Å². The summed E-state index contributed by atoms with van der Waals surface area (Å²) in [6.45, 7) is 6.65. The molecule has 3 atom stereocenters. The quantitative estimate of drug-likeness (QED) is 0.740. The van der Waals surface area contributed by atoms with Gasteiger partial charge in [-0.3, -0.25) is 19.4 Å². The van der Waals surface area contributed by atoms with Crippen molar-refractivity contribution >= 4 is 5.91 Å². The molecule has 2 bridgehead atoms. The van der Waals surface area contributed by atoms with Crippen LogP contribution in [0.1, 0.15) is 50.8 Å². The Kier molecular flexibility index (Phi) is 5.23. The average Bonchev–Trinajstić information content (AvgIpc) is 3.42. The number of pyridine rings is 1. The molecular weight excluding hydrogens is 350 g/mol. The van der Waals surface area contributed by atoms with E-state index in [2.05, 4.69) is 35.0 Å². The van der Waals surface area contributed by atoms with E-state index in [1.807, 2.05) is 41.0 Å². The second kappa shape index (κ2) is 7.66. The van der Waals surface area contributed by atoms with Crippen molar-refractivity contribution in [1.82, 2.24) is 24.6 Å². The maximum atomic E-state index is 13.6. The van der Waals surface area contributed by atoms with Crippen LogP contribution < -0.4 is 0 Å². The van der Waals surface area contributed by atoms with Crippen molar-refractivity contribution in [2.75, 3.05) is 7.05 Å². The van der Waals surface area contributed by atoms with Gasteiger partial charge < -0.3 is 4.90 Å². The predicted molar refractivity (Wildman–Crippen MR) is 108 cm³/mol. The molecule has 6 heteroatoms. The van der Waals surface area contributed by atoms with Crippen molar-refractivity contribution in [1.29, 1.82) is 0 Å². The van der Waals surface area contributed by atoms with E-state index in [0.717, 1.165) is 38.0 Å². The number of aromatic nitrogens is 3. The molecule has 4 heterocycles. The molecular formula is C22H31N5O. The van der Waals surface area contributed by atoms with Gasteiger partial charge in [0.25, 0.3) is 0 Å². The summed E-state index contributed by atoms with van der Waals surface area (Å²) in [6.07, 6.45) is 10.1. The minimum absolute atomic E-state index is 0.271. The van der Waals surface area contributed by atoms with Gasteiger partial charge in [0.2, 0.25) is 5.91 Å². The number of carbonyl (C=O) groups is 1. The van der Waals surface area contributed by atoms with Crippen molar-refractivity contribution < 1.29 is 4.79 Å². The summed E-state index contributed by atoms with van der Waals surface area (Å²) in [4.78, 5) is 22.5.